The molecule has 2 radical (unpaired) electrons. The Kier molecular flexibility index (Phi) is 9.23. The number of hydrogen-bond donors (Lipinski definition) is 0. The van der Waals surface area contributed by atoms with Crippen molar-refractivity contribution >= 4 is 35.2 Å². The van der Waals surface area contributed by atoms with Crippen molar-refractivity contribution < 1.29 is 21.8 Å². The van der Waals surface area contributed by atoms with Crippen LogP contribution in [-0.2, 0) is 21.8 Å². The topological polar surface area (TPSA) is 46.2 Å². The minimum absolute atomic E-state index is 0.261. The van der Waals surface area contributed by atoms with Gasteiger partial charge >= 0.3 is 17.1 Å². The van der Waals surface area contributed by atoms with Crippen molar-refractivity contribution in [3.05, 3.63) is 0 Å². The van der Waals surface area contributed by atoms with Crippen LogP contribution in [0.25, 0.3) is 0 Å². The fraction of sp³-hybridized carbons (Fsp3) is 1.00. The standard InChI is InChI=1S/C16H38O5Si4/c1-9-16(14-18-15-16)13-17-11-10-12-25(8,20-23(3,4)5)21-24(6,7)19-22-2/h9-15H2,1-8H3. The normalized spacial score (nSPS) is 20.2. The van der Waals surface area contributed by atoms with E-state index in [4.69, 9.17) is 21.8 Å². The molecule has 1 heterocycles. The molecule has 0 N–H and O–H groups in total. The molecule has 1 aliphatic heterocycles. The van der Waals surface area contributed by atoms with Crippen LogP contribution in [0, 0.1) is 5.41 Å². The molecule has 0 aromatic rings. The molecule has 1 unspecified atom stereocenters. The molecule has 0 aromatic carbocycles. The van der Waals surface area contributed by atoms with Crippen LogP contribution in [0.4, 0.5) is 0 Å². The summed E-state index contributed by atoms with van der Waals surface area (Å²) in [6.07, 6.45) is 2.10. The van der Waals surface area contributed by atoms with Gasteiger partial charge in [0.15, 0.2) is 8.32 Å². The summed E-state index contributed by atoms with van der Waals surface area (Å²) in [7, 11) is -5.59. The highest BCUT2D eigenvalue weighted by Crippen LogP contribution is 2.31. The van der Waals surface area contributed by atoms with E-state index in [0.717, 1.165) is 45.3 Å². The van der Waals surface area contributed by atoms with Crippen LogP contribution in [-0.4, -0.2) is 61.6 Å². The largest absolute Gasteiger partial charge is 0.437 e. The maximum atomic E-state index is 6.55. The van der Waals surface area contributed by atoms with Crippen molar-refractivity contribution in [2.45, 2.75) is 71.6 Å². The van der Waals surface area contributed by atoms with E-state index < -0.39 is 25.4 Å². The minimum atomic E-state index is -2.26. The van der Waals surface area contributed by atoms with Crippen LogP contribution in [0.3, 0.4) is 0 Å². The molecule has 1 saturated heterocycles. The van der Waals surface area contributed by atoms with Gasteiger partial charge in [0.1, 0.15) is 0 Å². The van der Waals surface area contributed by atoms with Gasteiger partial charge in [-0.15, -0.1) is 0 Å². The van der Waals surface area contributed by atoms with Crippen molar-refractivity contribution in [1.29, 1.82) is 0 Å². The first kappa shape index (κ1) is 23.7. The molecule has 1 rings (SSSR count). The van der Waals surface area contributed by atoms with Crippen LogP contribution in [0.2, 0.25) is 51.9 Å². The van der Waals surface area contributed by atoms with Crippen molar-refractivity contribution in [3.8, 4) is 0 Å². The molecule has 9 heteroatoms. The maximum absolute atomic E-state index is 6.55. The summed E-state index contributed by atoms with van der Waals surface area (Å²) >= 11 is 0. The smallest absolute Gasteiger partial charge is 0.315 e. The second-order valence-corrected chi connectivity index (χ2v) is 21.3. The van der Waals surface area contributed by atoms with E-state index in [1.54, 1.807) is 0 Å². The van der Waals surface area contributed by atoms with Gasteiger partial charge in [0.05, 0.1) is 19.8 Å². The van der Waals surface area contributed by atoms with E-state index in [9.17, 15) is 0 Å². The predicted molar refractivity (Wildman–Crippen MR) is 111 cm³/mol. The highest BCUT2D eigenvalue weighted by Gasteiger charge is 2.42. The second-order valence-electron chi connectivity index (χ2n) is 8.66. The van der Waals surface area contributed by atoms with Crippen molar-refractivity contribution in [2.24, 2.45) is 5.41 Å². The van der Waals surface area contributed by atoms with Crippen LogP contribution in [0.15, 0.2) is 0 Å². The Labute approximate surface area is 160 Å². The van der Waals surface area contributed by atoms with Gasteiger partial charge in [-0.3, -0.25) is 0 Å². The average molecular weight is 423 g/mol. The summed E-state index contributed by atoms with van der Waals surface area (Å²) in [5.74, 6) is 0. The van der Waals surface area contributed by atoms with E-state index in [1.807, 2.05) is 0 Å². The number of ether oxygens (including phenoxy) is 2. The zero-order chi connectivity index (χ0) is 19.2. The molecule has 1 aliphatic rings. The van der Waals surface area contributed by atoms with Crippen LogP contribution in [0.1, 0.15) is 19.8 Å². The Hall–Kier alpha value is 0.668. The van der Waals surface area contributed by atoms with E-state index in [-0.39, 0.29) is 5.41 Å². The molecule has 1 fully saturated rings. The van der Waals surface area contributed by atoms with Crippen molar-refractivity contribution in [3.63, 3.8) is 0 Å². The second kappa shape index (κ2) is 9.74. The van der Waals surface area contributed by atoms with Gasteiger partial charge in [-0.05, 0) is 64.7 Å². The molecule has 0 amide bonds. The van der Waals surface area contributed by atoms with Gasteiger partial charge in [0, 0.05) is 12.0 Å². The van der Waals surface area contributed by atoms with Crippen molar-refractivity contribution in [2.75, 3.05) is 26.4 Å². The molecule has 25 heavy (non-hydrogen) atoms. The molecule has 5 nitrogen and oxygen atoms in total. The van der Waals surface area contributed by atoms with E-state index in [1.165, 1.54) is 0 Å². The monoisotopic (exact) mass is 422 g/mol. The predicted octanol–water partition coefficient (Wildman–Crippen LogP) is 4.15. The Balaban J connectivity index is 2.49. The molecule has 0 saturated carbocycles. The van der Waals surface area contributed by atoms with Crippen molar-refractivity contribution in [1.82, 2.24) is 0 Å². The lowest BCUT2D eigenvalue weighted by atomic mass is 9.84. The Morgan fingerprint density at radius 3 is 2.12 bits per heavy atom. The zero-order valence-corrected chi connectivity index (χ0v) is 21.5. The van der Waals surface area contributed by atoms with Gasteiger partial charge in [-0.25, -0.2) is 0 Å². The number of rotatable bonds is 13. The SMILES string of the molecule is CCC1(COCCC[Si](C)(O[Si](C)(C)C)O[Si](C)(C)O[Si]C)COC1. The van der Waals surface area contributed by atoms with Crippen LogP contribution in [0.5, 0.6) is 0 Å². The maximum Gasteiger partial charge on any atom is 0.315 e. The molecule has 0 aromatic heterocycles. The van der Waals surface area contributed by atoms with Gasteiger partial charge in [0.2, 0.25) is 9.76 Å². The summed E-state index contributed by atoms with van der Waals surface area (Å²) in [5, 5.41) is 0. The average Bonchev–Trinajstić information content (AvgIpc) is 2.37. The van der Waals surface area contributed by atoms with E-state index in [2.05, 4.69) is 52.8 Å². The lowest BCUT2D eigenvalue weighted by Gasteiger charge is -2.40. The van der Waals surface area contributed by atoms with Gasteiger partial charge in [-0.2, -0.15) is 0 Å². The fourth-order valence-electron chi connectivity index (χ4n) is 3.12. The third-order valence-electron chi connectivity index (χ3n) is 4.23. The lowest BCUT2D eigenvalue weighted by molar-refractivity contribution is -0.150. The Bertz CT molecular complexity index is 393. The van der Waals surface area contributed by atoms with E-state index >= 15 is 0 Å². The van der Waals surface area contributed by atoms with Crippen LogP contribution < -0.4 is 0 Å². The summed E-state index contributed by atoms with van der Waals surface area (Å²) in [6.45, 7) is 20.7. The third-order valence-corrected chi connectivity index (χ3v) is 16.1. The summed E-state index contributed by atoms with van der Waals surface area (Å²) in [5.41, 5.74) is 0.261. The molecule has 148 valence electrons. The third kappa shape index (κ3) is 8.93. The quantitative estimate of drug-likeness (QED) is 0.330. The Morgan fingerprint density at radius 1 is 1.04 bits per heavy atom. The lowest BCUT2D eigenvalue weighted by Crippen LogP contribution is -2.54. The summed E-state index contributed by atoms with van der Waals surface area (Å²) < 4.78 is 30.3. The molecular weight excluding hydrogens is 385 g/mol. The highest BCUT2D eigenvalue weighted by atomic mass is 28.5. The molecule has 0 aliphatic carbocycles. The van der Waals surface area contributed by atoms with Gasteiger partial charge < -0.3 is 21.8 Å². The zero-order valence-electron chi connectivity index (χ0n) is 17.5. The highest BCUT2D eigenvalue weighted by molar-refractivity contribution is 6.87. The van der Waals surface area contributed by atoms with E-state index in [0.29, 0.717) is 9.76 Å². The molecule has 0 bridgehead atoms. The first-order chi connectivity index (χ1) is 11.4. The first-order valence-electron chi connectivity index (χ1n) is 9.35. The molecule has 1 atom stereocenters. The fourth-order valence-corrected chi connectivity index (χ4v) is 17.1. The van der Waals surface area contributed by atoms with Gasteiger partial charge in [-0.1, -0.05) is 6.92 Å². The van der Waals surface area contributed by atoms with Crippen LogP contribution >= 0.6 is 0 Å². The summed E-state index contributed by atoms with van der Waals surface area (Å²) in [4.78, 5) is 0. The summed E-state index contributed by atoms with van der Waals surface area (Å²) in [6, 6.07) is 0.958. The molecular formula is C16H38O5Si4. The molecule has 0 spiro atoms. The minimum Gasteiger partial charge on any atom is -0.437 e. The number of hydrogen-bond acceptors (Lipinski definition) is 5. The van der Waals surface area contributed by atoms with Gasteiger partial charge in [0.25, 0.3) is 0 Å². The Morgan fingerprint density at radius 2 is 1.68 bits per heavy atom. The first-order valence-corrected chi connectivity index (χ1v) is 19.5.